The Kier molecular flexibility index (Phi) is 7.60. The standard InChI is InChI=1S/C22H27BrN2O2/c1-5-24-22(27)17(4)25(14-18-8-10-20(23)11-9-18)21(26)13-19-12-15(2)6-7-16(19)3/h6-12,17H,5,13-14H2,1-4H3,(H,24,27)/t17-/m0/s1. The number of nitrogens with zero attached hydrogens (tertiary/aromatic N) is 1. The Morgan fingerprint density at radius 1 is 1.11 bits per heavy atom. The highest BCUT2D eigenvalue weighted by molar-refractivity contribution is 9.10. The Hall–Kier alpha value is -2.14. The van der Waals surface area contributed by atoms with Crippen LogP contribution in [0.25, 0.3) is 0 Å². The number of carbonyl (C=O) groups is 2. The molecule has 2 aromatic carbocycles. The number of halogens is 1. The Morgan fingerprint density at radius 3 is 2.41 bits per heavy atom. The fraction of sp³-hybridized carbons (Fsp3) is 0.364. The van der Waals surface area contributed by atoms with Gasteiger partial charge in [0.1, 0.15) is 6.04 Å². The summed E-state index contributed by atoms with van der Waals surface area (Å²) in [7, 11) is 0. The average Bonchev–Trinajstić information content (AvgIpc) is 2.63. The molecule has 0 saturated carbocycles. The maximum absolute atomic E-state index is 13.1. The van der Waals surface area contributed by atoms with Gasteiger partial charge in [-0.05, 0) is 56.5 Å². The minimum atomic E-state index is -0.536. The Balaban J connectivity index is 2.26. The van der Waals surface area contributed by atoms with E-state index in [9.17, 15) is 9.59 Å². The van der Waals surface area contributed by atoms with Crippen LogP contribution in [0, 0.1) is 13.8 Å². The molecule has 2 rings (SSSR count). The van der Waals surface area contributed by atoms with Crippen LogP contribution in [0.15, 0.2) is 46.9 Å². The van der Waals surface area contributed by atoms with Gasteiger partial charge < -0.3 is 10.2 Å². The topological polar surface area (TPSA) is 49.4 Å². The highest BCUT2D eigenvalue weighted by atomic mass is 79.9. The minimum Gasteiger partial charge on any atom is -0.355 e. The quantitative estimate of drug-likeness (QED) is 0.716. The lowest BCUT2D eigenvalue weighted by molar-refractivity contribution is -0.140. The van der Waals surface area contributed by atoms with E-state index in [2.05, 4.69) is 21.2 Å². The highest BCUT2D eigenvalue weighted by Crippen LogP contribution is 2.17. The maximum atomic E-state index is 13.1. The highest BCUT2D eigenvalue weighted by Gasteiger charge is 2.26. The molecular weight excluding hydrogens is 404 g/mol. The molecule has 2 aromatic rings. The third kappa shape index (κ3) is 5.93. The molecule has 1 N–H and O–H groups in total. The SMILES string of the molecule is CCNC(=O)[C@H](C)N(Cc1ccc(Br)cc1)C(=O)Cc1cc(C)ccc1C. The molecule has 0 aliphatic heterocycles. The molecule has 0 aliphatic rings. The number of likely N-dealkylation sites (N-methyl/N-ethyl adjacent to an activating group) is 1. The van der Waals surface area contributed by atoms with Gasteiger partial charge in [0.25, 0.3) is 0 Å². The van der Waals surface area contributed by atoms with E-state index in [1.807, 2.05) is 63.2 Å². The lowest BCUT2D eigenvalue weighted by Crippen LogP contribution is -2.48. The smallest absolute Gasteiger partial charge is 0.242 e. The van der Waals surface area contributed by atoms with Crippen LogP contribution in [-0.4, -0.2) is 29.3 Å². The van der Waals surface area contributed by atoms with Crippen LogP contribution >= 0.6 is 15.9 Å². The summed E-state index contributed by atoms with van der Waals surface area (Å²) in [5.41, 5.74) is 4.20. The van der Waals surface area contributed by atoms with Gasteiger partial charge in [0.2, 0.25) is 11.8 Å². The van der Waals surface area contributed by atoms with Crippen molar-refractivity contribution in [3.05, 3.63) is 69.2 Å². The van der Waals surface area contributed by atoms with Crippen LogP contribution in [-0.2, 0) is 22.6 Å². The maximum Gasteiger partial charge on any atom is 0.242 e. The monoisotopic (exact) mass is 430 g/mol. The first-order chi connectivity index (χ1) is 12.8. The van der Waals surface area contributed by atoms with Crippen molar-refractivity contribution in [2.45, 2.75) is 46.7 Å². The van der Waals surface area contributed by atoms with Crippen LogP contribution < -0.4 is 5.32 Å². The van der Waals surface area contributed by atoms with Crippen LogP contribution in [0.5, 0.6) is 0 Å². The van der Waals surface area contributed by atoms with Gasteiger partial charge in [0.05, 0.1) is 6.42 Å². The first-order valence-corrected chi connectivity index (χ1v) is 9.99. The zero-order valence-corrected chi connectivity index (χ0v) is 18.0. The summed E-state index contributed by atoms with van der Waals surface area (Å²) >= 11 is 3.43. The number of rotatable bonds is 7. The molecule has 1 atom stereocenters. The van der Waals surface area contributed by atoms with E-state index >= 15 is 0 Å². The summed E-state index contributed by atoms with van der Waals surface area (Å²) < 4.78 is 0.983. The fourth-order valence-corrected chi connectivity index (χ4v) is 3.21. The van der Waals surface area contributed by atoms with Crippen molar-refractivity contribution in [1.29, 1.82) is 0 Å². The van der Waals surface area contributed by atoms with Gasteiger partial charge in [-0.25, -0.2) is 0 Å². The predicted octanol–water partition coefficient (Wildman–Crippen LogP) is 4.16. The van der Waals surface area contributed by atoms with Gasteiger partial charge in [-0.15, -0.1) is 0 Å². The summed E-state index contributed by atoms with van der Waals surface area (Å²) in [4.78, 5) is 27.2. The molecule has 2 amide bonds. The van der Waals surface area contributed by atoms with Gasteiger partial charge in [-0.2, -0.15) is 0 Å². The van der Waals surface area contributed by atoms with Crippen LogP contribution in [0.3, 0.4) is 0 Å². The molecule has 27 heavy (non-hydrogen) atoms. The summed E-state index contributed by atoms with van der Waals surface area (Å²) in [6.07, 6.45) is 0.286. The minimum absolute atomic E-state index is 0.0506. The number of nitrogens with one attached hydrogen (secondary N) is 1. The predicted molar refractivity (Wildman–Crippen MR) is 112 cm³/mol. The number of hydrogen-bond donors (Lipinski definition) is 1. The number of benzene rings is 2. The molecule has 0 unspecified atom stereocenters. The summed E-state index contributed by atoms with van der Waals surface area (Å²) in [6, 6.07) is 13.4. The second-order valence-corrected chi connectivity index (χ2v) is 7.74. The molecule has 0 spiro atoms. The second kappa shape index (κ2) is 9.70. The fourth-order valence-electron chi connectivity index (χ4n) is 2.95. The van der Waals surface area contributed by atoms with Crippen molar-refractivity contribution in [1.82, 2.24) is 10.2 Å². The molecule has 0 saturated heterocycles. The van der Waals surface area contributed by atoms with E-state index in [1.165, 1.54) is 0 Å². The van der Waals surface area contributed by atoms with Crippen LogP contribution in [0.2, 0.25) is 0 Å². The van der Waals surface area contributed by atoms with E-state index < -0.39 is 6.04 Å². The van der Waals surface area contributed by atoms with Gasteiger partial charge in [-0.3, -0.25) is 9.59 Å². The molecular formula is C22H27BrN2O2. The second-order valence-electron chi connectivity index (χ2n) is 6.83. The van der Waals surface area contributed by atoms with Gasteiger partial charge in [0.15, 0.2) is 0 Å². The molecule has 4 nitrogen and oxygen atoms in total. The molecule has 0 aliphatic carbocycles. The lowest BCUT2D eigenvalue weighted by atomic mass is 10.0. The van der Waals surface area contributed by atoms with Gasteiger partial charge in [-0.1, -0.05) is 51.8 Å². The van der Waals surface area contributed by atoms with Gasteiger partial charge >= 0.3 is 0 Å². The number of amides is 2. The zero-order valence-electron chi connectivity index (χ0n) is 16.4. The van der Waals surface area contributed by atoms with E-state index in [-0.39, 0.29) is 18.2 Å². The number of carbonyl (C=O) groups excluding carboxylic acids is 2. The number of hydrogen-bond acceptors (Lipinski definition) is 2. The zero-order chi connectivity index (χ0) is 20.0. The largest absolute Gasteiger partial charge is 0.355 e. The van der Waals surface area contributed by atoms with Crippen molar-refractivity contribution < 1.29 is 9.59 Å². The Bertz CT molecular complexity index is 802. The molecule has 0 radical (unpaired) electrons. The van der Waals surface area contributed by atoms with Crippen molar-refractivity contribution in [3.63, 3.8) is 0 Å². The normalized spacial score (nSPS) is 11.7. The first-order valence-electron chi connectivity index (χ1n) is 9.19. The molecule has 144 valence electrons. The van der Waals surface area contributed by atoms with E-state index in [0.717, 1.165) is 26.7 Å². The summed E-state index contributed by atoms with van der Waals surface area (Å²) in [6.45, 7) is 8.63. The Morgan fingerprint density at radius 2 is 1.78 bits per heavy atom. The van der Waals surface area contributed by atoms with Crippen molar-refractivity contribution >= 4 is 27.7 Å². The van der Waals surface area contributed by atoms with Crippen LogP contribution in [0.4, 0.5) is 0 Å². The van der Waals surface area contributed by atoms with Crippen molar-refractivity contribution in [2.75, 3.05) is 6.54 Å². The third-order valence-corrected chi connectivity index (χ3v) is 5.16. The van der Waals surface area contributed by atoms with Crippen LogP contribution in [0.1, 0.15) is 36.1 Å². The molecule has 0 fully saturated rings. The average molecular weight is 431 g/mol. The molecule has 0 aromatic heterocycles. The third-order valence-electron chi connectivity index (χ3n) is 4.63. The molecule has 5 heteroatoms. The van der Waals surface area contributed by atoms with Crippen molar-refractivity contribution in [3.8, 4) is 0 Å². The van der Waals surface area contributed by atoms with E-state index in [1.54, 1.807) is 11.8 Å². The number of aryl methyl sites for hydroxylation is 2. The Labute approximate surface area is 170 Å². The van der Waals surface area contributed by atoms with E-state index in [4.69, 9.17) is 0 Å². The molecule has 0 heterocycles. The molecule has 0 bridgehead atoms. The lowest BCUT2D eigenvalue weighted by Gasteiger charge is -2.29. The van der Waals surface area contributed by atoms with E-state index in [0.29, 0.717) is 13.1 Å². The van der Waals surface area contributed by atoms with Gasteiger partial charge in [0, 0.05) is 17.6 Å². The summed E-state index contributed by atoms with van der Waals surface area (Å²) in [5.74, 6) is -0.186. The summed E-state index contributed by atoms with van der Waals surface area (Å²) in [5, 5.41) is 2.82. The first kappa shape index (κ1) is 21.2. The van der Waals surface area contributed by atoms with Crippen molar-refractivity contribution in [2.24, 2.45) is 0 Å².